The highest BCUT2D eigenvalue weighted by molar-refractivity contribution is 5.92. The van der Waals surface area contributed by atoms with E-state index in [1.165, 1.54) is 11.9 Å². The number of nitrogens with one attached hydrogen (secondary N) is 3. The van der Waals surface area contributed by atoms with Gasteiger partial charge in [-0.15, -0.1) is 0 Å². The highest BCUT2D eigenvalue weighted by atomic mass is 16.5. The smallest absolute Gasteiger partial charge is 0.318 e. The van der Waals surface area contributed by atoms with Crippen LogP contribution in [-0.4, -0.2) is 56.0 Å². The number of para-hydroxylation sites is 1. The highest BCUT2D eigenvalue weighted by Gasteiger charge is 2.34. The van der Waals surface area contributed by atoms with Crippen LogP contribution in [-0.2, 0) is 16.1 Å². The molecule has 1 saturated heterocycles. The van der Waals surface area contributed by atoms with E-state index in [1.54, 1.807) is 7.11 Å². The number of methoxy groups -OCH3 is 1. The molecule has 1 aromatic rings. The molecule has 2 rings (SSSR count). The number of carbonyl (C=O) groups is 3. The molecule has 0 aliphatic carbocycles. The average Bonchev–Trinajstić information content (AvgIpc) is 2.61. The molecule has 1 aliphatic heterocycles. The third-order valence-corrected chi connectivity index (χ3v) is 3.87. The minimum absolute atomic E-state index is 0.0651. The maximum atomic E-state index is 12.5. The van der Waals surface area contributed by atoms with Gasteiger partial charge in [0.25, 0.3) is 0 Å². The van der Waals surface area contributed by atoms with Gasteiger partial charge < -0.3 is 25.6 Å². The molecule has 3 N–H and O–H groups in total. The van der Waals surface area contributed by atoms with Crippen LogP contribution >= 0.6 is 0 Å². The number of urea groups is 1. The van der Waals surface area contributed by atoms with Gasteiger partial charge >= 0.3 is 6.03 Å². The lowest BCUT2D eigenvalue weighted by molar-refractivity contribution is -0.132. The maximum absolute atomic E-state index is 12.5. The van der Waals surface area contributed by atoms with Crippen LogP contribution in [0.3, 0.4) is 0 Å². The fourth-order valence-electron chi connectivity index (χ4n) is 2.56. The van der Waals surface area contributed by atoms with Crippen LogP contribution in [0.4, 0.5) is 4.79 Å². The second-order valence-corrected chi connectivity index (χ2v) is 5.35. The summed E-state index contributed by atoms with van der Waals surface area (Å²) in [5, 5.41) is 7.93. The Labute approximate surface area is 140 Å². The van der Waals surface area contributed by atoms with Gasteiger partial charge in [-0.2, -0.15) is 0 Å². The Hall–Kier alpha value is -2.77. The molecule has 4 amide bonds. The van der Waals surface area contributed by atoms with E-state index in [1.807, 2.05) is 24.3 Å². The Bertz CT molecular complexity index is 620. The number of hydrogen-bond acceptors (Lipinski definition) is 4. The van der Waals surface area contributed by atoms with Crippen molar-refractivity contribution in [3.05, 3.63) is 29.8 Å². The average molecular weight is 334 g/mol. The summed E-state index contributed by atoms with van der Waals surface area (Å²) in [7, 11) is 3.06. The Balaban J connectivity index is 2.03. The van der Waals surface area contributed by atoms with Crippen molar-refractivity contribution < 1.29 is 19.1 Å². The number of rotatable bonds is 5. The van der Waals surface area contributed by atoms with E-state index in [0.29, 0.717) is 18.8 Å². The molecule has 0 aromatic heterocycles. The van der Waals surface area contributed by atoms with Crippen LogP contribution in [0.1, 0.15) is 12.0 Å². The molecule has 0 bridgehead atoms. The van der Waals surface area contributed by atoms with Gasteiger partial charge in [0.2, 0.25) is 11.8 Å². The van der Waals surface area contributed by atoms with Gasteiger partial charge in [-0.05, 0) is 6.07 Å². The summed E-state index contributed by atoms with van der Waals surface area (Å²) in [4.78, 5) is 37.4. The van der Waals surface area contributed by atoms with E-state index >= 15 is 0 Å². The molecule has 130 valence electrons. The van der Waals surface area contributed by atoms with Crippen molar-refractivity contribution in [2.45, 2.75) is 19.0 Å². The number of amides is 4. The fourth-order valence-corrected chi connectivity index (χ4v) is 2.56. The van der Waals surface area contributed by atoms with Gasteiger partial charge in [-0.3, -0.25) is 9.59 Å². The number of hydrogen-bond donors (Lipinski definition) is 3. The predicted molar refractivity (Wildman–Crippen MR) is 87.4 cm³/mol. The molecule has 1 fully saturated rings. The Morgan fingerprint density at radius 1 is 1.38 bits per heavy atom. The SMILES string of the molecule is CNC(=O)C[C@H]1C(=O)NCCN1C(=O)NCc1ccccc1OC. The zero-order valence-electron chi connectivity index (χ0n) is 13.8. The van der Waals surface area contributed by atoms with Crippen LogP contribution < -0.4 is 20.7 Å². The summed E-state index contributed by atoms with van der Waals surface area (Å²) in [5.74, 6) is 0.0629. The zero-order chi connectivity index (χ0) is 17.5. The maximum Gasteiger partial charge on any atom is 0.318 e. The van der Waals surface area contributed by atoms with Crippen molar-refractivity contribution in [3.8, 4) is 5.75 Å². The molecule has 0 radical (unpaired) electrons. The molecule has 1 aliphatic rings. The summed E-state index contributed by atoms with van der Waals surface area (Å²) in [5.41, 5.74) is 0.831. The van der Waals surface area contributed by atoms with E-state index in [4.69, 9.17) is 4.74 Å². The molecule has 1 aromatic carbocycles. The summed E-state index contributed by atoms with van der Waals surface area (Å²) < 4.78 is 5.25. The molecule has 8 nitrogen and oxygen atoms in total. The largest absolute Gasteiger partial charge is 0.496 e. The summed E-state index contributed by atoms with van der Waals surface area (Å²) >= 11 is 0. The first-order valence-electron chi connectivity index (χ1n) is 7.71. The van der Waals surface area contributed by atoms with Crippen molar-refractivity contribution in [2.24, 2.45) is 0 Å². The standard InChI is InChI=1S/C16H22N4O4/c1-17-14(21)9-12-15(22)18-7-8-20(12)16(23)19-10-11-5-3-4-6-13(11)24-2/h3-6,12H,7-10H2,1-2H3,(H,17,21)(H,18,22)(H,19,23)/t12-/m0/s1. The van der Waals surface area contributed by atoms with Crippen LogP contribution in [0.15, 0.2) is 24.3 Å². The number of piperazine rings is 1. The lowest BCUT2D eigenvalue weighted by Crippen LogP contribution is -2.60. The van der Waals surface area contributed by atoms with E-state index in [-0.39, 0.29) is 30.8 Å². The monoisotopic (exact) mass is 334 g/mol. The lowest BCUT2D eigenvalue weighted by atomic mass is 10.1. The van der Waals surface area contributed by atoms with Gasteiger partial charge in [0.05, 0.1) is 13.5 Å². The van der Waals surface area contributed by atoms with Crippen molar-refractivity contribution in [3.63, 3.8) is 0 Å². The molecule has 8 heteroatoms. The molecule has 24 heavy (non-hydrogen) atoms. The second kappa shape index (κ2) is 8.19. The molecule has 0 unspecified atom stereocenters. The third kappa shape index (κ3) is 4.15. The minimum Gasteiger partial charge on any atom is -0.496 e. The number of ether oxygens (including phenoxy) is 1. The van der Waals surface area contributed by atoms with Gasteiger partial charge in [0, 0.05) is 32.2 Å². The van der Waals surface area contributed by atoms with Gasteiger partial charge in [-0.1, -0.05) is 18.2 Å². The molecule has 0 saturated carbocycles. The lowest BCUT2D eigenvalue weighted by Gasteiger charge is -2.34. The number of carbonyl (C=O) groups excluding carboxylic acids is 3. The summed E-state index contributed by atoms with van der Waals surface area (Å²) in [6, 6.07) is 6.17. The van der Waals surface area contributed by atoms with E-state index in [0.717, 1.165) is 5.56 Å². The normalized spacial score (nSPS) is 17.0. The molecule has 0 spiro atoms. The first kappa shape index (κ1) is 17.6. The van der Waals surface area contributed by atoms with Crippen molar-refractivity contribution >= 4 is 17.8 Å². The third-order valence-electron chi connectivity index (χ3n) is 3.87. The van der Waals surface area contributed by atoms with Crippen LogP contribution in [0.2, 0.25) is 0 Å². The van der Waals surface area contributed by atoms with E-state index in [2.05, 4.69) is 16.0 Å². The quantitative estimate of drug-likeness (QED) is 0.697. The topological polar surface area (TPSA) is 99.8 Å². The minimum atomic E-state index is -0.809. The molecule has 1 heterocycles. The van der Waals surface area contributed by atoms with Crippen molar-refractivity contribution in [2.75, 3.05) is 27.2 Å². The van der Waals surface area contributed by atoms with Crippen LogP contribution in [0.5, 0.6) is 5.75 Å². The van der Waals surface area contributed by atoms with Gasteiger partial charge in [0.15, 0.2) is 0 Å². The fraction of sp³-hybridized carbons (Fsp3) is 0.438. The number of benzene rings is 1. The molecular weight excluding hydrogens is 312 g/mol. The highest BCUT2D eigenvalue weighted by Crippen LogP contribution is 2.17. The molecular formula is C16H22N4O4. The van der Waals surface area contributed by atoms with Gasteiger partial charge in [0.1, 0.15) is 11.8 Å². The zero-order valence-corrected chi connectivity index (χ0v) is 13.8. The summed E-state index contributed by atoms with van der Waals surface area (Å²) in [6.45, 7) is 0.990. The van der Waals surface area contributed by atoms with E-state index < -0.39 is 6.04 Å². The Kier molecular flexibility index (Phi) is 6.00. The summed E-state index contributed by atoms with van der Waals surface area (Å²) in [6.07, 6.45) is -0.0651. The Morgan fingerprint density at radius 2 is 2.12 bits per heavy atom. The van der Waals surface area contributed by atoms with Crippen molar-refractivity contribution in [1.29, 1.82) is 0 Å². The Morgan fingerprint density at radius 3 is 2.83 bits per heavy atom. The first-order valence-corrected chi connectivity index (χ1v) is 7.71. The first-order chi connectivity index (χ1) is 11.6. The molecule has 1 atom stereocenters. The van der Waals surface area contributed by atoms with Crippen LogP contribution in [0, 0.1) is 0 Å². The van der Waals surface area contributed by atoms with E-state index in [9.17, 15) is 14.4 Å². The number of nitrogens with zero attached hydrogens (tertiary/aromatic N) is 1. The predicted octanol–water partition coefficient (Wildman–Crippen LogP) is -0.159. The van der Waals surface area contributed by atoms with Crippen molar-refractivity contribution in [1.82, 2.24) is 20.9 Å². The van der Waals surface area contributed by atoms with Gasteiger partial charge in [-0.25, -0.2) is 4.79 Å². The van der Waals surface area contributed by atoms with Crippen LogP contribution in [0.25, 0.3) is 0 Å². The second-order valence-electron chi connectivity index (χ2n) is 5.35.